The van der Waals surface area contributed by atoms with E-state index in [1.54, 1.807) is 6.07 Å². The summed E-state index contributed by atoms with van der Waals surface area (Å²) < 4.78 is 4.87. The van der Waals surface area contributed by atoms with Gasteiger partial charge in [-0.15, -0.1) is 0 Å². The number of methoxy groups -OCH3 is 1. The molecule has 0 fully saturated rings. The molecule has 4 rings (SSSR count). The van der Waals surface area contributed by atoms with Gasteiger partial charge < -0.3 is 4.74 Å². The van der Waals surface area contributed by atoms with Gasteiger partial charge in [-0.3, -0.25) is 10.2 Å². The number of ketones is 1. The van der Waals surface area contributed by atoms with E-state index in [1.165, 1.54) is 13.2 Å². The summed E-state index contributed by atoms with van der Waals surface area (Å²) in [5, 5.41) is 4.51. The summed E-state index contributed by atoms with van der Waals surface area (Å²) >= 11 is 0. The quantitative estimate of drug-likeness (QED) is 0.227. The molecule has 0 bridgehead atoms. The maximum atomic E-state index is 12.9. The molecule has 5 heteroatoms. The minimum atomic E-state index is -0.664. The van der Waals surface area contributed by atoms with Crippen molar-refractivity contribution in [3.8, 4) is 11.1 Å². The predicted molar refractivity (Wildman–Crippen MR) is 121 cm³/mol. The molecule has 1 N–H and O–H groups in total. The molecule has 0 atom stereocenters. The molecule has 0 aliphatic heterocycles. The number of hydrazone groups is 1. The van der Waals surface area contributed by atoms with Crippen molar-refractivity contribution in [3.05, 3.63) is 106 Å². The van der Waals surface area contributed by atoms with Crippen molar-refractivity contribution in [1.82, 2.24) is 5.43 Å². The SMILES string of the molecule is COC(=O)C(=CC(=O)c1cc(C)ccc1C)NN=C1c2ccccc2-c2ccccc21. The Morgan fingerprint density at radius 1 is 0.871 bits per heavy atom. The lowest BCUT2D eigenvalue weighted by atomic mass is 10.0. The molecular formula is C26H22N2O3. The molecule has 0 spiro atoms. The molecule has 1 aliphatic rings. The number of fused-ring (bicyclic) bond motifs is 3. The fourth-order valence-corrected chi connectivity index (χ4v) is 3.69. The Morgan fingerprint density at radius 3 is 2.03 bits per heavy atom. The first-order valence-electron chi connectivity index (χ1n) is 9.94. The van der Waals surface area contributed by atoms with Gasteiger partial charge in [0.15, 0.2) is 5.78 Å². The van der Waals surface area contributed by atoms with Gasteiger partial charge in [-0.25, -0.2) is 4.79 Å². The normalized spacial score (nSPS) is 12.1. The highest BCUT2D eigenvalue weighted by Gasteiger charge is 2.24. The van der Waals surface area contributed by atoms with Gasteiger partial charge in [-0.2, -0.15) is 5.10 Å². The molecule has 3 aromatic rings. The monoisotopic (exact) mass is 410 g/mol. The molecule has 1 aliphatic carbocycles. The minimum absolute atomic E-state index is 0.0252. The Kier molecular flexibility index (Phi) is 5.50. The Hall–Kier alpha value is -3.99. The number of rotatable bonds is 5. The Bertz CT molecular complexity index is 1210. The summed E-state index contributed by atoms with van der Waals surface area (Å²) in [7, 11) is 1.27. The van der Waals surface area contributed by atoms with E-state index in [2.05, 4.69) is 10.5 Å². The molecule has 0 heterocycles. The van der Waals surface area contributed by atoms with Gasteiger partial charge in [-0.1, -0.05) is 66.2 Å². The van der Waals surface area contributed by atoms with Crippen LogP contribution in [0.1, 0.15) is 32.6 Å². The van der Waals surface area contributed by atoms with Crippen LogP contribution in [-0.2, 0) is 9.53 Å². The average Bonchev–Trinajstić information content (AvgIpc) is 3.11. The van der Waals surface area contributed by atoms with Gasteiger partial charge in [0.1, 0.15) is 5.70 Å². The van der Waals surface area contributed by atoms with Crippen LogP contribution in [0.5, 0.6) is 0 Å². The maximum Gasteiger partial charge on any atom is 0.356 e. The van der Waals surface area contributed by atoms with Crippen LogP contribution in [0.25, 0.3) is 11.1 Å². The highest BCUT2D eigenvalue weighted by atomic mass is 16.5. The fourth-order valence-electron chi connectivity index (χ4n) is 3.69. The van der Waals surface area contributed by atoms with Crippen molar-refractivity contribution >= 4 is 17.5 Å². The van der Waals surface area contributed by atoms with Gasteiger partial charge in [0.05, 0.1) is 12.8 Å². The maximum absolute atomic E-state index is 12.9. The standard InChI is InChI=1S/C26H22N2O3/c1-16-12-13-17(2)22(14-16)24(29)15-23(26(30)31-3)27-28-25-20-10-6-4-8-18(20)19-9-5-7-11-21(19)25/h4-15,27H,1-3H3. The largest absolute Gasteiger partial charge is 0.464 e. The summed E-state index contributed by atoms with van der Waals surface area (Å²) in [5.74, 6) is -0.955. The van der Waals surface area contributed by atoms with Crippen LogP contribution in [0.3, 0.4) is 0 Å². The van der Waals surface area contributed by atoms with Crippen LogP contribution in [0.2, 0.25) is 0 Å². The predicted octanol–water partition coefficient (Wildman–Crippen LogP) is 4.57. The number of hydrogen-bond acceptors (Lipinski definition) is 5. The third-order valence-corrected chi connectivity index (χ3v) is 5.28. The van der Waals surface area contributed by atoms with Crippen molar-refractivity contribution in [3.63, 3.8) is 0 Å². The Labute approximate surface area is 181 Å². The van der Waals surface area contributed by atoms with Crippen LogP contribution in [-0.4, -0.2) is 24.6 Å². The van der Waals surface area contributed by atoms with Crippen LogP contribution in [0.4, 0.5) is 0 Å². The van der Waals surface area contributed by atoms with E-state index >= 15 is 0 Å². The first kappa shape index (κ1) is 20.3. The van der Waals surface area contributed by atoms with Crippen LogP contribution in [0.15, 0.2) is 83.6 Å². The first-order valence-corrected chi connectivity index (χ1v) is 9.94. The fraction of sp³-hybridized carbons (Fsp3) is 0.115. The van der Waals surface area contributed by atoms with Crippen molar-refractivity contribution in [2.45, 2.75) is 13.8 Å². The van der Waals surface area contributed by atoms with E-state index in [0.717, 1.165) is 33.4 Å². The summed E-state index contributed by atoms with van der Waals surface area (Å²) in [6, 6.07) is 21.5. The molecule has 31 heavy (non-hydrogen) atoms. The number of ether oxygens (including phenoxy) is 1. The third-order valence-electron chi connectivity index (χ3n) is 5.28. The zero-order valence-electron chi connectivity index (χ0n) is 17.6. The van der Waals surface area contributed by atoms with Gasteiger partial charge in [-0.05, 0) is 36.6 Å². The van der Waals surface area contributed by atoms with E-state index in [0.29, 0.717) is 11.3 Å². The lowest BCUT2D eigenvalue weighted by Crippen LogP contribution is -2.20. The van der Waals surface area contributed by atoms with E-state index in [4.69, 9.17) is 4.74 Å². The summed E-state index contributed by atoms with van der Waals surface area (Å²) in [6.07, 6.45) is 1.24. The average molecular weight is 410 g/mol. The first-order chi connectivity index (χ1) is 15.0. The van der Waals surface area contributed by atoms with Crippen molar-refractivity contribution in [2.75, 3.05) is 7.11 Å². The minimum Gasteiger partial charge on any atom is -0.464 e. The van der Waals surface area contributed by atoms with Crippen LogP contribution >= 0.6 is 0 Å². The van der Waals surface area contributed by atoms with Gasteiger partial charge in [0.25, 0.3) is 0 Å². The molecule has 0 radical (unpaired) electrons. The number of carbonyl (C=O) groups excluding carboxylic acids is 2. The van der Waals surface area contributed by atoms with E-state index < -0.39 is 5.97 Å². The molecule has 0 saturated heterocycles. The van der Waals surface area contributed by atoms with E-state index in [9.17, 15) is 9.59 Å². The Balaban J connectivity index is 1.72. The number of aryl methyl sites for hydroxylation is 2. The van der Waals surface area contributed by atoms with Gasteiger partial charge in [0, 0.05) is 22.8 Å². The molecule has 0 unspecified atom stereocenters. The zero-order chi connectivity index (χ0) is 22.0. The molecule has 3 aromatic carbocycles. The van der Waals surface area contributed by atoms with E-state index in [1.807, 2.05) is 74.5 Å². The summed E-state index contributed by atoms with van der Waals surface area (Å²) in [5.41, 5.74) is 9.88. The number of nitrogens with zero attached hydrogens (tertiary/aromatic N) is 1. The molecular weight excluding hydrogens is 388 g/mol. The lowest BCUT2D eigenvalue weighted by molar-refractivity contribution is -0.136. The second-order valence-electron chi connectivity index (χ2n) is 7.40. The summed E-state index contributed by atoms with van der Waals surface area (Å²) in [4.78, 5) is 25.2. The number of allylic oxidation sites excluding steroid dienone is 1. The third kappa shape index (κ3) is 3.90. The zero-order valence-corrected chi connectivity index (χ0v) is 17.6. The van der Waals surface area contributed by atoms with E-state index in [-0.39, 0.29) is 11.5 Å². The highest BCUT2D eigenvalue weighted by molar-refractivity contribution is 6.24. The van der Waals surface area contributed by atoms with Crippen LogP contribution in [0, 0.1) is 13.8 Å². The lowest BCUT2D eigenvalue weighted by Gasteiger charge is -2.08. The smallest absolute Gasteiger partial charge is 0.356 e. The van der Waals surface area contributed by atoms with Crippen molar-refractivity contribution in [2.24, 2.45) is 5.10 Å². The Morgan fingerprint density at radius 2 is 1.45 bits per heavy atom. The number of carbonyl (C=O) groups is 2. The molecule has 154 valence electrons. The van der Waals surface area contributed by atoms with Crippen molar-refractivity contribution in [1.29, 1.82) is 0 Å². The number of esters is 1. The van der Waals surface area contributed by atoms with Gasteiger partial charge >= 0.3 is 5.97 Å². The van der Waals surface area contributed by atoms with Crippen LogP contribution < -0.4 is 5.43 Å². The molecule has 5 nitrogen and oxygen atoms in total. The number of hydrogen-bond donors (Lipinski definition) is 1. The topological polar surface area (TPSA) is 67.8 Å². The number of nitrogens with one attached hydrogen (secondary N) is 1. The number of benzene rings is 3. The van der Waals surface area contributed by atoms with Crippen molar-refractivity contribution < 1.29 is 14.3 Å². The highest BCUT2D eigenvalue weighted by Crippen LogP contribution is 2.36. The molecule has 0 amide bonds. The molecule has 0 aromatic heterocycles. The second kappa shape index (κ2) is 8.40. The van der Waals surface area contributed by atoms with Gasteiger partial charge in [0.2, 0.25) is 0 Å². The second-order valence-corrected chi connectivity index (χ2v) is 7.40. The summed E-state index contributed by atoms with van der Waals surface area (Å²) in [6.45, 7) is 3.78. The molecule has 0 saturated carbocycles.